The molecule has 1 unspecified atom stereocenters. The van der Waals surface area contributed by atoms with Gasteiger partial charge in [0.1, 0.15) is 11.6 Å². The molecule has 0 saturated carbocycles. The maximum absolute atomic E-state index is 9.90. The molecular weight excluding hydrogens is 212 g/mol. The highest BCUT2D eigenvalue weighted by atomic mass is 32.1. The summed E-state index contributed by atoms with van der Waals surface area (Å²) in [5.74, 6) is 1.57. The molecule has 2 rings (SSSR count). The highest BCUT2D eigenvalue weighted by molar-refractivity contribution is 7.10. The molecule has 4 nitrogen and oxygen atoms in total. The number of aromatic nitrogens is 2. The number of aliphatic hydroxyl groups is 1. The molecule has 0 spiro atoms. The second-order valence-corrected chi connectivity index (χ2v) is 4.09. The third-order valence-corrected chi connectivity index (χ3v) is 3.11. The van der Waals surface area contributed by atoms with E-state index >= 15 is 0 Å². The van der Waals surface area contributed by atoms with Crippen LogP contribution >= 0.6 is 11.3 Å². The fourth-order valence-corrected chi connectivity index (χ4v) is 2.15. The average molecular weight is 224 g/mol. The Labute approximate surface area is 91.6 Å². The molecule has 2 aromatic heterocycles. The number of H-pyrrole nitrogens is 1. The van der Waals surface area contributed by atoms with E-state index in [0.29, 0.717) is 6.42 Å². The lowest BCUT2D eigenvalue weighted by Gasteiger charge is -2.05. The molecule has 15 heavy (non-hydrogen) atoms. The van der Waals surface area contributed by atoms with E-state index in [1.807, 2.05) is 11.4 Å². The van der Waals surface area contributed by atoms with Crippen LogP contribution in [0.1, 0.15) is 16.8 Å². The lowest BCUT2D eigenvalue weighted by atomic mass is 10.2. The standard InChI is InChI=1S/C10H12N2O2S/c1-14-7-4-9(15-6-7)8(13)5-10-11-2-3-12-10/h2-4,6,8,13H,5H2,1H3,(H,11,12). The number of thiophene rings is 1. The van der Waals surface area contributed by atoms with Gasteiger partial charge in [-0.05, 0) is 6.07 Å². The van der Waals surface area contributed by atoms with Crippen molar-refractivity contribution in [1.29, 1.82) is 0 Å². The summed E-state index contributed by atoms with van der Waals surface area (Å²) in [6.45, 7) is 0. The maximum Gasteiger partial charge on any atom is 0.129 e. The number of hydrogen-bond donors (Lipinski definition) is 2. The molecule has 2 N–H and O–H groups in total. The first kappa shape index (κ1) is 10.2. The number of ether oxygens (including phenoxy) is 1. The molecule has 0 radical (unpaired) electrons. The second kappa shape index (κ2) is 4.46. The van der Waals surface area contributed by atoms with E-state index in [1.54, 1.807) is 19.5 Å². The van der Waals surface area contributed by atoms with Crippen LogP contribution in [-0.4, -0.2) is 22.2 Å². The number of aliphatic hydroxyl groups excluding tert-OH is 1. The largest absolute Gasteiger partial charge is 0.496 e. The van der Waals surface area contributed by atoms with E-state index in [4.69, 9.17) is 4.74 Å². The summed E-state index contributed by atoms with van der Waals surface area (Å²) in [5.41, 5.74) is 0. The number of hydrogen-bond acceptors (Lipinski definition) is 4. The molecule has 2 heterocycles. The van der Waals surface area contributed by atoms with Crippen molar-refractivity contribution >= 4 is 11.3 Å². The Bertz CT molecular complexity index is 411. The van der Waals surface area contributed by atoms with Gasteiger partial charge >= 0.3 is 0 Å². The van der Waals surface area contributed by atoms with Gasteiger partial charge in [0.05, 0.1) is 13.2 Å². The lowest BCUT2D eigenvalue weighted by Crippen LogP contribution is -2.00. The summed E-state index contributed by atoms with van der Waals surface area (Å²) in [4.78, 5) is 7.92. The van der Waals surface area contributed by atoms with Crippen molar-refractivity contribution < 1.29 is 9.84 Å². The minimum Gasteiger partial charge on any atom is -0.496 e. The molecule has 2 aromatic rings. The van der Waals surface area contributed by atoms with E-state index in [1.165, 1.54) is 11.3 Å². The molecule has 0 saturated heterocycles. The highest BCUT2D eigenvalue weighted by Gasteiger charge is 2.12. The number of aromatic amines is 1. The average Bonchev–Trinajstić information content (AvgIpc) is 2.86. The Morgan fingerprint density at radius 2 is 2.53 bits per heavy atom. The van der Waals surface area contributed by atoms with Crippen LogP contribution in [0.25, 0.3) is 0 Å². The van der Waals surface area contributed by atoms with Crippen molar-refractivity contribution in [2.75, 3.05) is 7.11 Å². The molecule has 0 amide bonds. The second-order valence-electron chi connectivity index (χ2n) is 3.14. The van der Waals surface area contributed by atoms with Gasteiger partial charge in [-0.15, -0.1) is 11.3 Å². The maximum atomic E-state index is 9.90. The van der Waals surface area contributed by atoms with Crippen molar-refractivity contribution in [1.82, 2.24) is 9.97 Å². The lowest BCUT2D eigenvalue weighted by molar-refractivity contribution is 0.179. The molecular formula is C10H12N2O2S. The summed E-state index contributed by atoms with van der Waals surface area (Å²) in [5, 5.41) is 11.8. The van der Waals surface area contributed by atoms with Gasteiger partial charge in [-0.3, -0.25) is 0 Å². The number of rotatable bonds is 4. The Kier molecular flexibility index (Phi) is 3.03. The SMILES string of the molecule is COc1csc(C(O)Cc2ncc[nH]2)c1. The van der Waals surface area contributed by atoms with Gasteiger partial charge in [-0.1, -0.05) is 0 Å². The fourth-order valence-electron chi connectivity index (χ4n) is 1.31. The predicted octanol–water partition coefficient (Wildman–Crippen LogP) is 1.76. The van der Waals surface area contributed by atoms with Crippen molar-refractivity contribution in [2.24, 2.45) is 0 Å². The van der Waals surface area contributed by atoms with Gasteiger partial charge in [0.2, 0.25) is 0 Å². The first-order valence-corrected chi connectivity index (χ1v) is 5.46. The third-order valence-electron chi connectivity index (χ3n) is 2.10. The van der Waals surface area contributed by atoms with E-state index in [-0.39, 0.29) is 0 Å². The number of nitrogens with zero attached hydrogens (tertiary/aromatic N) is 1. The van der Waals surface area contributed by atoms with Gasteiger partial charge < -0.3 is 14.8 Å². The highest BCUT2D eigenvalue weighted by Crippen LogP contribution is 2.28. The molecule has 0 aliphatic carbocycles. The van der Waals surface area contributed by atoms with Crippen LogP contribution in [0.2, 0.25) is 0 Å². The zero-order chi connectivity index (χ0) is 10.7. The minimum absolute atomic E-state index is 0.497. The Balaban J connectivity index is 2.04. The Morgan fingerprint density at radius 1 is 1.67 bits per heavy atom. The summed E-state index contributed by atoms with van der Waals surface area (Å²) < 4.78 is 5.06. The van der Waals surface area contributed by atoms with Gasteiger partial charge in [-0.25, -0.2) is 4.98 Å². The van der Waals surface area contributed by atoms with Crippen LogP contribution < -0.4 is 4.74 Å². The molecule has 0 fully saturated rings. The van der Waals surface area contributed by atoms with Crippen molar-refractivity contribution in [3.8, 4) is 5.75 Å². The normalized spacial score (nSPS) is 12.7. The summed E-state index contributed by atoms with van der Waals surface area (Å²) in [7, 11) is 1.62. The Morgan fingerprint density at radius 3 is 3.13 bits per heavy atom. The molecule has 0 aliphatic heterocycles. The molecule has 1 atom stereocenters. The topological polar surface area (TPSA) is 58.1 Å². The minimum atomic E-state index is -0.523. The zero-order valence-corrected chi connectivity index (χ0v) is 9.12. The molecule has 80 valence electrons. The number of methoxy groups -OCH3 is 1. The van der Waals surface area contributed by atoms with Gasteiger partial charge in [0, 0.05) is 29.1 Å². The molecule has 0 bridgehead atoms. The van der Waals surface area contributed by atoms with Gasteiger partial charge in [0.25, 0.3) is 0 Å². The summed E-state index contributed by atoms with van der Waals surface area (Å²) in [6.07, 6.45) is 3.40. The van der Waals surface area contributed by atoms with E-state index in [0.717, 1.165) is 16.5 Å². The van der Waals surface area contributed by atoms with Crippen molar-refractivity contribution in [2.45, 2.75) is 12.5 Å². The zero-order valence-electron chi connectivity index (χ0n) is 8.30. The number of imidazole rings is 1. The van der Waals surface area contributed by atoms with E-state index in [9.17, 15) is 5.11 Å². The van der Waals surface area contributed by atoms with Crippen LogP contribution in [0, 0.1) is 0 Å². The monoisotopic (exact) mass is 224 g/mol. The first-order chi connectivity index (χ1) is 7.29. The number of nitrogens with one attached hydrogen (secondary N) is 1. The van der Waals surface area contributed by atoms with Gasteiger partial charge in [-0.2, -0.15) is 0 Å². The van der Waals surface area contributed by atoms with E-state index < -0.39 is 6.10 Å². The van der Waals surface area contributed by atoms with Crippen molar-refractivity contribution in [3.63, 3.8) is 0 Å². The fraction of sp³-hybridized carbons (Fsp3) is 0.300. The van der Waals surface area contributed by atoms with Crippen LogP contribution in [0.15, 0.2) is 23.8 Å². The predicted molar refractivity (Wildman–Crippen MR) is 58.1 cm³/mol. The third kappa shape index (κ3) is 2.37. The van der Waals surface area contributed by atoms with Crippen LogP contribution in [0.3, 0.4) is 0 Å². The van der Waals surface area contributed by atoms with E-state index in [2.05, 4.69) is 9.97 Å². The molecule has 0 aliphatic rings. The summed E-state index contributed by atoms with van der Waals surface area (Å²) >= 11 is 1.49. The smallest absolute Gasteiger partial charge is 0.129 e. The van der Waals surface area contributed by atoms with Crippen LogP contribution in [0.5, 0.6) is 5.75 Å². The van der Waals surface area contributed by atoms with Crippen LogP contribution in [-0.2, 0) is 6.42 Å². The molecule has 0 aromatic carbocycles. The van der Waals surface area contributed by atoms with Crippen molar-refractivity contribution in [3.05, 3.63) is 34.5 Å². The Hall–Kier alpha value is -1.33. The quantitative estimate of drug-likeness (QED) is 0.832. The molecule has 5 heteroatoms. The van der Waals surface area contributed by atoms with Crippen LogP contribution in [0.4, 0.5) is 0 Å². The summed E-state index contributed by atoms with van der Waals surface area (Å²) in [6, 6.07) is 1.85. The first-order valence-electron chi connectivity index (χ1n) is 4.58. The van der Waals surface area contributed by atoms with Gasteiger partial charge in [0.15, 0.2) is 0 Å².